The van der Waals surface area contributed by atoms with Gasteiger partial charge in [-0.05, 0) is 121 Å². The quantitative estimate of drug-likeness (QED) is 0.149. The molecule has 11 rings (SSSR count). The van der Waals surface area contributed by atoms with Crippen LogP contribution >= 0.6 is 0 Å². The zero-order chi connectivity index (χ0) is 26.9. The first kappa shape index (κ1) is 22.8. The molecular weight excluding hydrogens is 491 g/mol. The molecule has 0 nitrogen and oxygen atoms in total. The maximum atomic E-state index is 2.49. The first-order valence-corrected chi connectivity index (χ1v) is 15.8. The van der Waals surface area contributed by atoms with Gasteiger partial charge in [-0.15, -0.1) is 0 Å². The van der Waals surface area contributed by atoms with Crippen LogP contribution in [0.25, 0.3) is 54.6 Å². The second-order valence-corrected chi connectivity index (χ2v) is 13.7. The van der Waals surface area contributed by atoms with Crippen molar-refractivity contribution in [3.8, 4) is 22.3 Å². The molecule has 0 N–H and O–H groups in total. The average Bonchev–Trinajstić information content (AvgIpc) is 3.32. The maximum absolute atomic E-state index is 2.49. The van der Waals surface area contributed by atoms with E-state index in [1.807, 2.05) is 0 Å². The lowest BCUT2D eigenvalue weighted by Gasteiger charge is -2.61. The van der Waals surface area contributed by atoms with E-state index in [1.54, 1.807) is 11.1 Å². The van der Waals surface area contributed by atoms with Crippen molar-refractivity contribution in [3.05, 3.63) is 114 Å². The molecule has 5 aliphatic carbocycles. The van der Waals surface area contributed by atoms with Gasteiger partial charge in [0, 0.05) is 5.41 Å². The van der Waals surface area contributed by atoms with Crippen molar-refractivity contribution in [1.29, 1.82) is 0 Å². The monoisotopic (exact) mass is 524 g/mol. The molecule has 0 atom stereocenters. The molecule has 1 heteroatoms. The molecule has 0 saturated heterocycles. The molecule has 4 fully saturated rings. The summed E-state index contributed by atoms with van der Waals surface area (Å²) >= 11 is 0. The Bertz CT molecular complexity index is 2000. The Labute approximate surface area is 242 Å². The molecule has 4 saturated carbocycles. The Morgan fingerprint density at radius 1 is 0.463 bits per heavy atom. The van der Waals surface area contributed by atoms with E-state index in [1.165, 1.54) is 92.1 Å². The van der Waals surface area contributed by atoms with E-state index >= 15 is 0 Å². The third kappa shape index (κ3) is 2.74. The van der Waals surface area contributed by atoms with Crippen molar-refractivity contribution in [1.82, 2.24) is 0 Å². The van der Waals surface area contributed by atoms with Crippen molar-refractivity contribution in [3.63, 3.8) is 0 Å². The van der Waals surface area contributed by atoms with Crippen LogP contribution in [0.15, 0.2) is 103 Å². The lowest BCUT2D eigenvalue weighted by molar-refractivity contribution is -0.0391. The molecule has 196 valence electrons. The predicted molar refractivity (Wildman–Crippen MR) is 176 cm³/mol. The van der Waals surface area contributed by atoms with Gasteiger partial charge in [0.25, 0.3) is 0 Å². The normalized spacial score (nSPS) is 27.2. The van der Waals surface area contributed by atoms with E-state index in [9.17, 15) is 0 Å². The van der Waals surface area contributed by atoms with Crippen LogP contribution in [0.4, 0.5) is 0 Å². The molecule has 1 spiro atoms. The zero-order valence-corrected chi connectivity index (χ0v) is 23.7. The topological polar surface area (TPSA) is 0 Å². The first-order chi connectivity index (χ1) is 20.2. The van der Waals surface area contributed by atoms with E-state index in [-0.39, 0.29) is 5.41 Å². The Balaban J connectivity index is 1.39. The number of hydrogen-bond acceptors (Lipinski definition) is 0. The Morgan fingerprint density at radius 2 is 1.00 bits per heavy atom. The van der Waals surface area contributed by atoms with E-state index < -0.39 is 0 Å². The highest BCUT2D eigenvalue weighted by Crippen LogP contribution is 2.71. The first-order valence-electron chi connectivity index (χ1n) is 15.8. The molecule has 0 aliphatic heterocycles. The minimum atomic E-state index is 0.0998. The summed E-state index contributed by atoms with van der Waals surface area (Å²) in [6, 6.07) is 39.8. The van der Waals surface area contributed by atoms with Crippen LogP contribution in [0.2, 0.25) is 0 Å². The van der Waals surface area contributed by atoms with E-state index in [4.69, 9.17) is 0 Å². The SMILES string of the molecule is Bc1c2ccccc2c(-c2cccc3c2C2(c4c-3ccc3ccccc43)C3CC4CC(C3)CC2C4)c2ccccc12. The number of rotatable bonds is 1. The lowest BCUT2D eigenvalue weighted by Crippen LogP contribution is -2.55. The molecule has 6 aromatic carbocycles. The smallest absolute Gasteiger partial charge is 0.0735 e. The van der Waals surface area contributed by atoms with Gasteiger partial charge >= 0.3 is 0 Å². The second kappa shape index (κ2) is 7.92. The van der Waals surface area contributed by atoms with Crippen molar-refractivity contribution in [2.45, 2.75) is 37.5 Å². The standard InChI is InChI=1S/C40H33B/c41-39-33-12-5-3-10-29(33)36(30-11-4-6-13-34(30)39)35-15-7-14-31-32-17-16-25-8-1-2-9-28(25)37(32)40(38(31)35)26-19-23-18-24(21-26)22-27(40)20-23/h1-17,23-24,26-27H,18-22,41H2. The van der Waals surface area contributed by atoms with Gasteiger partial charge in [0.15, 0.2) is 0 Å². The number of benzene rings is 6. The van der Waals surface area contributed by atoms with Gasteiger partial charge in [-0.3, -0.25) is 0 Å². The van der Waals surface area contributed by atoms with Crippen molar-refractivity contribution < 1.29 is 0 Å². The fourth-order valence-electron chi connectivity index (χ4n) is 10.9. The van der Waals surface area contributed by atoms with Crippen LogP contribution < -0.4 is 5.46 Å². The van der Waals surface area contributed by atoms with Crippen molar-refractivity contribution >= 4 is 45.6 Å². The minimum absolute atomic E-state index is 0.0998. The fraction of sp³-hybridized carbons (Fsp3) is 0.250. The van der Waals surface area contributed by atoms with Crippen LogP contribution in [0, 0.1) is 23.7 Å². The van der Waals surface area contributed by atoms with Gasteiger partial charge in [-0.25, -0.2) is 0 Å². The van der Waals surface area contributed by atoms with Crippen LogP contribution in [0.5, 0.6) is 0 Å². The van der Waals surface area contributed by atoms with Gasteiger partial charge in [0.2, 0.25) is 0 Å². The Hall–Kier alpha value is -3.84. The molecular formula is C40H33B. The summed E-state index contributed by atoms with van der Waals surface area (Å²) in [4.78, 5) is 0. The molecule has 4 bridgehead atoms. The summed E-state index contributed by atoms with van der Waals surface area (Å²) in [6.45, 7) is 0. The number of hydrogen-bond donors (Lipinski definition) is 0. The van der Waals surface area contributed by atoms with Crippen molar-refractivity contribution in [2.24, 2.45) is 23.7 Å². The van der Waals surface area contributed by atoms with Crippen LogP contribution in [-0.4, -0.2) is 7.85 Å². The highest BCUT2D eigenvalue weighted by Gasteiger charge is 2.62. The molecule has 0 unspecified atom stereocenters. The third-order valence-electron chi connectivity index (χ3n) is 12.0. The molecule has 0 aromatic heterocycles. The largest absolute Gasteiger partial charge is 0.140 e. The summed E-state index contributed by atoms with van der Waals surface area (Å²) in [5.74, 6) is 3.32. The molecule has 41 heavy (non-hydrogen) atoms. The average molecular weight is 525 g/mol. The maximum Gasteiger partial charge on any atom is 0.140 e. The molecule has 5 aliphatic rings. The van der Waals surface area contributed by atoms with Gasteiger partial charge in [-0.2, -0.15) is 0 Å². The van der Waals surface area contributed by atoms with E-state index in [0.717, 1.165) is 23.7 Å². The van der Waals surface area contributed by atoms with Gasteiger partial charge < -0.3 is 0 Å². The second-order valence-electron chi connectivity index (χ2n) is 13.7. The van der Waals surface area contributed by atoms with Gasteiger partial charge in [0.1, 0.15) is 7.85 Å². The zero-order valence-electron chi connectivity index (χ0n) is 23.7. The Morgan fingerprint density at radius 3 is 1.66 bits per heavy atom. The van der Waals surface area contributed by atoms with E-state index in [2.05, 4.69) is 111 Å². The molecule has 0 amide bonds. The Kier molecular flexibility index (Phi) is 4.40. The highest BCUT2D eigenvalue weighted by molar-refractivity contribution is 6.46. The summed E-state index contributed by atoms with van der Waals surface area (Å²) in [6.07, 6.45) is 7.09. The minimum Gasteiger partial charge on any atom is -0.0735 e. The van der Waals surface area contributed by atoms with Crippen molar-refractivity contribution in [2.75, 3.05) is 0 Å². The fourth-order valence-corrected chi connectivity index (χ4v) is 10.9. The lowest BCUT2D eigenvalue weighted by atomic mass is 9.42. The summed E-state index contributed by atoms with van der Waals surface area (Å²) < 4.78 is 0. The molecule has 6 aromatic rings. The summed E-state index contributed by atoms with van der Waals surface area (Å²) in [5.41, 5.74) is 10.8. The van der Waals surface area contributed by atoms with Gasteiger partial charge in [-0.1, -0.05) is 109 Å². The van der Waals surface area contributed by atoms with E-state index in [0.29, 0.717) is 0 Å². The van der Waals surface area contributed by atoms with Gasteiger partial charge in [0.05, 0.1) is 0 Å². The van der Waals surface area contributed by atoms with Crippen LogP contribution in [-0.2, 0) is 5.41 Å². The number of fused-ring (bicyclic) bond motifs is 7. The summed E-state index contributed by atoms with van der Waals surface area (Å²) in [5, 5.41) is 8.48. The van der Waals surface area contributed by atoms with Crippen LogP contribution in [0.3, 0.4) is 0 Å². The molecule has 0 heterocycles. The van der Waals surface area contributed by atoms with Crippen LogP contribution in [0.1, 0.15) is 43.2 Å². The highest BCUT2D eigenvalue weighted by atomic mass is 14.7. The molecule has 0 radical (unpaired) electrons. The third-order valence-corrected chi connectivity index (χ3v) is 12.0. The summed E-state index contributed by atoms with van der Waals surface area (Å²) in [7, 11) is 2.31. The predicted octanol–water partition coefficient (Wildman–Crippen LogP) is 8.79.